The third kappa shape index (κ3) is 17.5. The third-order valence-electron chi connectivity index (χ3n) is 8.99. The molecular formula is C41H55N15O6. The fourth-order valence-electron chi connectivity index (χ4n) is 5.74. The zero-order valence-electron chi connectivity index (χ0n) is 35.4. The molecule has 4 amide bonds. The lowest BCUT2D eigenvalue weighted by molar-refractivity contribution is -0.139. The van der Waals surface area contributed by atoms with Crippen LogP contribution in [0.2, 0.25) is 0 Å². The van der Waals surface area contributed by atoms with E-state index < -0.39 is 18.0 Å². The highest BCUT2D eigenvalue weighted by Crippen LogP contribution is 2.19. The number of benzene rings is 1. The number of anilines is 6. The van der Waals surface area contributed by atoms with E-state index in [1.54, 1.807) is 38.1 Å². The number of amides is 4. The third-order valence-corrected chi connectivity index (χ3v) is 8.99. The minimum absolute atomic E-state index is 0.0597. The molecule has 0 radical (unpaired) electrons. The maximum Gasteiger partial charge on any atom is 0.348 e. The second kappa shape index (κ2) is 25.3. The number of aromatic amines is 2. The van der Waals surface area contributed by atoms with Crippen molar-refractivity contribution in [1.82, 2.24) is 45.5 Å². The van der Waals surface area contributed by atoms with E-state index in [2.05, 4.69) is 86.0 Å². The van der Waals surface area contributed by atoms with Crippen molar-refractivity contribution in [1.29, 1.82) is 5.26 Å². The number of esters is 1. The number of carbonyl (C=O) groups excluding carboxylic acids is 3. The largest absolute Gasteiger partial charge is 0.461 e. The standard InChI is InChI=1S/C41H55N15O6/c1-5-7-12-28(6-2)25-62-34(59)30(24-42)23-29-13-15-31(16-14-29)49-39-53-35(43-17-8-10-19-45-40(60)55-37-47-26(3)21-32(57)50-37)52-36(54-39)44-18-9-11-20-46-41(61)56-38-48-27(4)22-33(58)51-38/h13-16,21-23,28H,5-12,17-20,25H2,1-4H3,(H3,43,44,49,52,53,54)(H3,45,47,50,55,57,60)(H3,46,48,51,56,58,61). The van der Waals surface area contributed by atoms with Crippen LogP contribution >= 0.6 is 0 Å². The Labute approximate surface area is 358 Å². The average molecular weight is 854 g/mol. The van der Waals surface area contributed by atoms with E-state index in [0.29, 0.717) is 86.4 Å². The van der Waals surface area contributed by atoms with Crippen molar-refractivity contribution in [2.45, 2.75) is 79.1 Å². The van der Waals surface area contributed by atoms with Crippen LogP contribution in [0.4, 0.5) is 45.0 Å². The van der Waals surface area contributed by atoms with Gasteiger partial charge in [0.25, 0.3) is 11.1 Å². The molecule has 0 fully saturated rings. The Hall–Kier alpha value is -7.37. The molecule has 4 rings (SSSR count). The van der Waals surface area contributed by atoms with Crippen molar-refractivity contribution < 1.29 is 19.1 Å². The number of rotatable bonds is 24. The second-order valence-electron chi connectivity index (χ2n) is 14.2. The molecule has 62 heavy (non-hydrogen) atoms. The van der Waals surface area contributed by atoms with Crippen molar-refractivity contribution in [3.05, 3.63) is 79.6 Å². The molecule has 21 nitrogen and oxygen atoms in total. The van der Waals surface area contributed by atoms with Crippen molar-refractivity contribution in [3.8, 4) is 6.07 Å². The first-order chi connectivity index (χ1) is 29.9. The molecule has 9 N–H and O–H groups in total. The van der Waals surface area contributed by atoms with Crippen LogP contribution in [0, 0.1) is 31.1 Å². The van der Waals surface area contributed by atoms with Gasteiger partial charge < -0.3 is 31.3 Å². The van der Waals surface area contributed by atoms with Gasteiger partial charge in [0.1, 0.15) is 11.6 Å². The maximum atomic E-state index is 12.7. The molecule has 0 aliphatic heterocycles. The van der Waals surface area contributed by atoms with Crippen molar-refractivity contribution in [2.24, 2.45) is 5.92 Å². The first kappa shape index (κ1) is 47.3. The molecule has 330 valence electrons. The number of urea groups is 2. The van der Waals surface area contributed by atoms with Crippen LogP contribution in [-0.4, -0.2) is 85.7 Å². The number of unbranched alkanes of at least 4 members (excludes halogenated alkanes) is 3. The van der Waals surface area contributed by atoms with Crippen molar-refractivity contribution in [2.75, 3.05) is 59.4 Å². The summed E-state index contributed by atoms with van der Waals surface area (Å²) >= 11 is 0. The lowest BCUT2D eigenvalue weighted by Gasteiger charge is -2.14. The first-order valence-corrected chi connectivity index (χ1v) is 20.6. The maximum absolute atomic E-state index is 12.7. The van der Waals surface area contributed by atoms with Gasteiger partial charge in [-0.05, 0) is 75.6 Å². The Morgan fingerprint density at radius 3 is 1.74 bits per heavy atom. The van der Waals surface area contributed by atoms with Gasteiger partial charge in [-0.15, -0.1) is 0 Å². The summed E-state index contributed by atoms with van der Waals surface area (Å²) in [5.74, 6) is 0.555. The number of nitrogens with one attached hydrogen (secondary N) is 9. The number of aryl methyl sites for hydroxylation is 2. The molecule has 0 aliphatic carbocycles. The number of hydrogen-bond acceptors (Lipinski definition) is 15. The zero-order valence-corrected chi connectivity index (χ0v) is 35.4. The molecule has 0 spiro atoms. The van der Waals surface area contributed by atoms with Gasteiger partial charge in [-0.2, -0.15) is 20.2 Å². The van der Waals surface area contributed by atoms with Crippen LogP contribution in [-0.2, 0) is 9.53 Å². The summed E-state index contributed by atoms with van der Waals surface area (Å²) in [4.78, 5) is 87.1. The second-order valence-corrected chi connectivity index (χ2v) is 14.2. The quantitative estimate of drug-likeness (QED) is 0.0192. The van der Waals surface area contributed by atoms with E-state index in [-0.39, 0.29) is 47.1 Å². The van der Waals surface area contributed by atoms with Crippen LogP contribution in [0.1, 0.15) is 82.2 Å². The highest BCUT2D eigenvalue weighted by molar-refractivity contribution is 5.98. The molecule has 3 heterocycles. The van der Waals surface area contributed by atoms with Gasteiger partial charge in [-0.3, -0.25) is 30.2 Å². The molecule has 3 aromatic heterocycles. The van der Waals surface area contributed by atoms with Crippen LogP contribution in [0.5, 0.6) is 0 Å². The van der Waals surface area contributed by atoms with Crippen LogP contribution < -0.4 is 48.3 Å². The molecular weight excluding hydrogens is 799 g/mol. The summed E-state index contributed by atoms with van der Waals surface area (Å²) < 4.78 is 5.47. The van der Waals surface area contributed by atoms with E-state index >= 15 is 0 Å². The summed E-state index contributed by atoms with van der Waals surface area (Å²) in [6.07, 6.45) is 8.01. The lowest BCUT2D eigenvalue weighted by atomic mass is 10.0. The molecule has 0 bridgehead atoms. The smallest absolute Gasteiger partial charge is 0.348 e. The van der Waals surface area contributed by atoms with Crippen molar-refractivity contribution >= 4 is 59.5 Å². The van der Waals surface area contributed by atoms with E-state index in [1.807, 2.05) is 6.07 Å². The summed E-state index contributed by atoms with van der Waals surface area (Å²) in [6, 6.07) is 10.6. The van der Waals surface area contributed by atoms with Crippen LogP contribution in [0.3, 0.4) is 0 Å². The fourth-order valence-corrected chi connectivity index (χ4v) is 5.74. The van der Waals surface area contributed by atoms with Crippen LogP contribution in [0.15, 0.2) is 51.6 Å². The Bertz CT molecular complexity index is 2180. The molecule has 0 saturated heterocycles. The minimum atomic E-state index is -0.651. The van der Waals surface area contributed by atoms with Gasteiger partial charge in [0.2, 0.25) is 29.7 Å². The van der Waals surface area contributed by atoms with E-state index in [0.717, 1.165) is 25.7 Å². The summed E-state index contributed by atoms with van der Waals surface area (Å²) in [5, 5.41) is 29.7. The van der Waals surface area contributed by atoms with Gasteiger partial charge in [0, 0.05) is 55.4 Å². The number of carbonyl (C=O) groups is 3. The predicted molar refractivity (Wildman–Crippen MR) is 236 cm³/mol. The summed E-state index contributed by atoms with van der Waals surface area (Å²) in [6.45, 7) is 9.43. The number of H-pyrrole nitrogens is 2. The Morgan fingerprint density at radius 1 is 0.742 bits per heavy atom. The molecule has 1 aromatic carbocycles. The predicted octanol–water partition coefficient (Wildman–Crippen LogP) is 5.09. The number of hydrogen-bond donors (Lipinski definition) is 9. The van der Waals surface area contributed by atoms with Crippen LogP contribution in [0.25, 0.3) is 6.08 Å². The van der Waals surface area contributed by atoms with E-state index in [1.165, 1.54) is 18.2 Å². The SMILES string of the molecule is CCCCC(CC)COC(=O)C(C#N)=Cc1ccc(Nc2nc(NCCCCNC(=O)Nc3nc(C)cc(=O)[nH]3)nc(NCCCCNC(=O)Nc3nc(C)cc(=O)[nH]3)n2)cc1. The van der Waals surface area contributed by atoms with E-state index in [4.69, 9.17) is 4.74 Å². The number of ether oxygens (including phenoxy) is 1. The number of nitrogens with zero attached hydrogens (tertiary/aromatic N) is 6. The monoisotopic (exact) mass is 853 g/mol. The first-order valence-electron chi connectivity index (χ1n) is 20.6. The highest BCUT2D eigenvalue weighted by Gasteiger charge is 2.15. The van der Waals surface area contributed by atoms with Gasteiger partial charge in [0.05, 0.1) is 6.61 Å². The Morgan fingerprint density at radius 2 is 1.26 bits per heavy atom. The molecule has 0 aliphatic rings. The average Bonchev–Trinajstić information content (AvgIpc) is 3.22. The zero-order chi connectivity index (χ0) is 44.7. The lowest BCUT2D eigenvalue weighted by Crippen LogP contribution is -2.31. The number of aromatic nitrogens is 7. The van der Waals surface area contributed by atoms with Gasteiger partial charge >= 0.3 is 18.0 Å². The summed E-state index contributed by atoms with van der Waals surface area (Å²) in [5.41, 5.74) is 1.40. The Kier molecular flexibility index (Phi) is 19.3. The number of nitriles is 1. The van der Waals surface area contributed by atoms with Gasteiger partial charge in [-0.1, -0.05) is 45.2 Å². The molecule has 4 aromatic rings. The fraction of sp³-hybridized carbons (Fsp3) is 0.439. The summed E-state index contributed by atoms with van der Waals surface area (Å²) in [7, 11) is 0. The molecule has 1 unspecified atom stereocenters. The Balaban J connectivity index is 1.32. The van der Waals surface area contributed by atoms with Gasteiger partial charge in [-0.25, -0.2) is 24.4 Å². The highest BCUT2D eigenvalue weighted by atomic mass is 16.5. The molecule has 1 atom stereocenters. The molecule has 21 heteroatoms. The molecule has 0 saturated carbocycles. The topological polar surface area (TPSA) is 299 Å². The minimum Gasteiger partial charge on any atom is -0.461 e. The van der Waals surface area contributed by atoms with Gasteiger partial charge in [0.15, 0.2) is 0 Å². The van der Waals surface area contributed by atoms with E-state index in [9.17, 15) is 29.2 Å². The normalized spacial score (nSPS) is 11.4. The van der Waals surface area contributed by atoms with Crippen molar-refractivity contribution in [3.63, 3.8) is 0 Å².